The van der Waals surface area contributed by atoms with Crippen LogP contribution in [0.3, 0.4) is 0 Å². The highest BCUT2D eigenvalue weighted by Gasteiger charge is 2.40. The van der Waals surface area contributed by atoms with E-state index >= 15 is 0 Å². The molecule has 0 saturated carbocycles. The van der Waals surface area contributed by atoms with E-state index in [0.717, 1.165) is 11.1 Å². The molecule has 0 bridgehead atoms. The third-order valence-corrected chi connectivity index (χ3v) is 7.09. The second kappa shape index (κ2) is 7.73. The maximum atomic E-state index is 13.3. The van der Waals surface area contributed by atoms with Gasteiger partial charge in [-0.1, -0.05) is 6.07 Å². The Morgan fingerprint density at radius 3 is 2.63 bits per heavy atom. The van der Waals surface area contributed by atoms with E-state index < -0.39 is 16.1 Å². The van der Waals surface area contributed by atoms with Crippen LogP contribution in [0.1, 0.15) is 24.0 Å². The lowest BCUT2D eigenvalue weighted by Crippen LogP contribution is -2.43. The van der Waals surface area contributed by atoms with E-state index in [1.165, 1.54) is 22.5 Å². The maximum absolute atomic E-state index is 13.3. The molecule has 2 aromatic rings. The normalized spacial score (nSPS) is 19.0. The minimum absolute atomic E-state index is 0.0122. The number of carbonyl (C=O) groups is 2. The van der Waals surface area contributed by atoms with E-state index in [1.807, 2.05) is 32.0 Å². The fraction of sp³-hybridized carbons (Fsp3) is 0.333. The summed E-state index contributed by atoms with van der Waals surface area (Å²) >= 11 is 0. The Hall–Kier alpha value is -2.91. The van der Waals surface area contributed by atoms with Gasteiger partial charge in [0.05, 0.1) is 10.6 Å². The van der Waals surface area contributed by atoms with Gasteiger partial charge in [0.2, 0.25) is 15.9 Å². The van der Waals surface area contributed by atoms with Crippen LogP contribution in [0.15, 0.2) is 41.3 Å². The molecule has 4 rings (SSSR count). The zero-order valence-corrected chi connectivity index (χ0v) is 17.6. The Kier molecular flexibility index (Phi) is 5.25. The number of hydrogen-bond donors (Lipinski definition) is 2. The SMILES string of the molecule is Cc1cc(C)cc(NC(=O)[C@@H]2CCCN2S(=O)(=O)c2ccc3c(c2)NC(=O)CO3)c1. The van der Waals surface area contributed by atoms with Gasteiger partial charge in [0.15, 0.2) is 6.61 Å². The van der Waals surface area contributed by atoms with Crippen LogP contribution >= 0.6 is 0 Å². The number of rotatable bonds is 4. The van der Waals surface area contributed by atoms with Crippen molar-refractivity contribution in [3.63, 3.8) is 0 Å². The Morgan fingerprint density at radius 1 is 1.17 bits per heavy atom. The minimum Gasteiger partial charge on any atom is -0.482 e. The van der Waals surface area contributed by atoms with E-state index in [1.54, 1.807) is 0 Å². The molecule has 2 aliphatic rings. The van der Waals surface area contributed by atoms with Crippen LogP contribution in [-0.4, -0.2) is 43.7 Å². The van der Waals surface area contributed by atoms with Gasteiger partial charge >= 0.3 is 0 Å². The fourth-order valence-corrected chi connectivity index (χ4v) is 5.60. The van der Waals surface area contributed by atoms with Crippen molar-refractivity contribution in [3.8, 4) is 5.75 Å². The Balaban J connectivity index is 1.58. The highest BCUT2D eigenvalue weighted by molar-refractivity contribution is 7.89. The molecule has 30 heavy (non-hydrogen) atoms. The number of fused-ring (bicyclic) bond motifs is 1. The molecule has 2 amide bonds. The molecular formula is C21H23N3O5S. The smallest absolute Gasteiger partial charge is 0.262 e. The quantitative estimate of drug-likeness (QED) is 0.777. The van der Waals surface area contributed by atoms with Gasteiger partial charge < -0.3 is 15.4 Å². The number of amides is 2. The van der Waals surface area contributed by atoms with Crippen molar-refractivity contribution in [1.82, 2.24) is 4.31 Å². The first kappa shape index (κ1) is 20.4. The first-order valence-electron chi connectivity index (χ1n) is 9.72. The van der Waals surface area contributed by atoms with Gasteiger partial charge in [-0.3, -0.25) is 9.59 Å². The number of sulfonamides is 1. The molecular weight excluding hydrogens is 406 g/mol. The Morgan fingerprint density at radius 2 is 1.90 bits per heavy atom. The fourth-order valence-electron chi connectivity index (χ4n) is 3.92. The summed E-state index contributed by atoms with van der Waals surface area (Å²) in [4.78, 5) is 24.5. The molecule has 2 aromatic carbocycles. The van der Waals surface area contributed by atoms with Crippen LogP contribution in [-0.2, 0) is 19.6 Å². The Bertz CT molecular complexity index is 1110. The van der Waals surface area contributed by atoms with Gasteiger partial charge in [-0.15, -0.1) is 0 Å². The minimum atomic E-state index is -3.93. The summed E-state index contributed by atoms with van der Waals surface area (Å²) in [6.07, 6.45) is 1.04. The largest absolute Gasteiger partial charge is 0.482 e. The van der Waals surface area contributed by atoms with Gasteiger partial charge in [0.25, 0.3) is 5.91 Å². The highest BCUT2D eigenvalue weighted by atomic mass is 32.2. The summed E-state index contributed by atoms with van der Waals surface area (Å²) < 4.78 is 33.1. The number of carbonyl (C=O) groups excluding carboxylic acids is 2. The van der Waals surface area contributed by atoms with Crippen molar-refractivity contribution < 1.29 is 22.7 Å². The second-order valence-electron chi connectivity index (χ2n) is 7.63. The van der Waals surface area contributed by atoms with Crippen molar-refractivity contribution in [2.75, 3.05) is 23.8 Å². The van der Waals surface area contributed by atoms with Crippen molar-refractivity contribution in [2.45, 2.75) is 37.6 Å². The zero-order valence-electron chi connectivity index (χ0n) is 16.8. The van der Waals surface area contributed by atoms with Crippen LogP contribution in [0.5, 0.6) is 5.75 Å². The lowest BCUT2D eigenvalue weighted by molar-refractivity contribution is -0.119. The molecule has 1 fully saturated rings. The number of hydrogen-bond acceptors (Lipinski definition) is 5. The zero-order chi connectivity index (χ0) is 21.5. The first-order valence-corrected chi connectivity index (χ1v) is 11.2. The standard InChI is InChI=1S/C21H23N3O5S/c1-13-8-14(2)10-15(9-13)22-21(26)18-4-3-7-24(18)30(27,28)16-5-6-19-17(11-16)23-20(25)12-29-19/h5-6,8-11,18H,3-4,7,12H2,1-2H3,(H,22,26)(H,23,25)/t18-/m0/s1. The molecule has 1 saturated heterocycles. The highest BCUT2D eigenvalue weighted by Crippen LogP contribution is 2.33. The number of nitrogens with zero attached hydrogens (tertiary/aromatic N) is 1. The molecule has 9 heteroatoms. The van der Waals surface area contributed by atoms with Gasteiger partial charge in [-0.25, -0.2) is 8.42 Å². The van der Waals surface area contributed by atoms with Gasteiger partial charge in [0.1, 0.15) is 11.8 Å². The Labute approximate surface area is 175 Å². The van der Waals surface area contributed by atoms with E-state index in [-0.39, 0.29) is 29.9 Å². The summed E-state index contributed by atoms with van der Waals surface area (Å²) in [5.41, 5.74) is 2.98. The molecule has 158 valence electrons. The molecule has 0 spiro atoms. The van der Waals surface area contributed by atoms with Crippen LogP contribution in [0.2, 0.25) is 0 Å². The topological polar surface area (TPSA) is 105 Å². The van der Waals surface area contributed by atoms with E-state index in [9.17, 15) is 18.0 Å². The first-order chi connectivity index (χ1) is 14.2. The van der Waals surface area contributed by atoms with Gasteiger partial charge in [0, 0.05) is 12.2 Å². The number of ether oxygens (including phenoxy) is 1. The molecule has 0 unspecified atom stereocenters. The second-order valence-corrected chi connectivity index (χ2v) is 9.52. The molecule has 2 heterocycles. The monoisotopic (exact) mass is 429 g/mol. The lowest BCUT2D eigenvalue weighted by atomic mass is 10.1. The molecule has 0 aliphatic carbocycles. The average molecular weight is 429 g/mol. The van der Waals surface area contributed by atoms with Crippen molar-refractivity contribution >= 4 is 33.2 Å². The van der Waals surface area contributed by atoms with Crippen LogP contribution in [0, 0.1) is 13.8 Å². The molecule has 8 nitrogen and oxygen atoms in total. The number of anilines is 2. The summed E-state index contributed by atoms with van der Waals surface area (Å²) in [5.74, 6) is -0.279. The van der Waals surface area contributed by atoms with Crippen molar-refractivity contribution in [2.24, 2.45) is 0 Å². The summed E-state index contributed by atoms with van der Waals surface area (Å²) in [5, 5.41) is 5.47. The number of benzene rings is 2. The number of aryl methyl sites for hydroxylation is 2. The third kappa shape index (κ3) is 3.90. The van der Waals surface area contributed by atoms with Gasteiger partial charge in [-0.05, 0) is 68.1 Å². The van der Waals surface area contributed by atoms with Crippen molar-refractivity contribution in [3.05, 3.63) is 47.5 Å². The van der Waals surface area contributed by atoms with Crippen LogP contribution < -0.4 is 15.4 Å². The number of nitrogens with one attached hydrogen (secondary N) is 2. The molecule has 1 atom stereocenters. The van der Waals surface area contributed by atoms with E-state index in [0.29, 0.717) is 30.0 Å². The van der Waals surface area contributed by atoms with Crippen LogP contribution in [0.4, 0.5) is 11.4 Å². The summed E-state index contributed by atoms with van der Waals surface area (Å²) in [6.45, 7) is 4.03. The molecule has 0 radical (unpaired) electrons. The predicted molar refractivity (Wildman–Crippen MR) is 112 cm³/mol. The maximum Gasteiger partial charge on any atom is 0.262 e. The average Bonchev–Trinajstić information content (AvgIpc) is 3.17. The lowest BCUT2D eigenvalue weighted by Gasteiger charge is -2.25. The summed E-state index contributed by atoms with van der Waals surface area (Å²) in [6, 6.07) is 9.23. The van der Waals surface area contributed by atoms with E-state index in [4.69, 9.17) is 4.74 Å². The summed E-state index contributed by atoms with van der Waals surface area (Å²) in [7, 11) is -3.93. The van der Waals surface area contributed by atoms with E-state index in [2.05, 4.69) is 10.6 Å². The van der Waals surface area contributed by atoms with Crippen molar-refractivity contribution in [1.29, 1.82) is 0 Å². The van der Waals surface area contributed by atoms with Gasteiger partial charge in [-0.2, -0.15) is 4.31 Å². The third-order valence-electron chi connectivity index (χ3n) is 5.19. The molecule has 0 aromatic heterocycles. The molecule has 2 N–H and O–H groups in total. The van der Waals surface area contributed by atoms with Crippen LogP contribution in [0.25, 0.3) is 0 Å². The predicted octanol–water partition coefficient (Wildman–Crippen LogP) is 2.43. The molecule has 2 aliphatic heterocycles.